The zero-order chi connectivity index (χ0) is 27.5. The summed E-state index contributed by atoms with van der Waals surface area (Å²) in [5.41, 5.74) is 4.06. The van der Waals surface area contributed by atoms with Gasteiger partial charge in [0.1, 0.15) is 11.5 Å². The highest BCUT2D eigenvalue weighted by Crippen LogP contribution is 2.15. The Morgan fingerprint density at radius 3 is 0.975 bits per heavy atom. The molecule has 202 valence electrons. The third kappa shape index (κ3) is 11.1. The normalized spacial score (nSPS) is 10.1. The van der Waals surface area contributed by atoms with Crippen LogP contribution in [0.15, 0.2) is 109 Å². The number of benzene rings is 4. The Morgan fingerprint density at radius 2 is 0.625 bits per heavy atom. The van der Waals surface area contributed by atoms with E-state index in [1.807, 2.05) is 109 Å². The Morgan fingerprint density at radius 1 is 0.325 bits per heavy atom. The highest BCUT2D eigenvalue weighted by Gasteiger charge is 1.98. The molecule has 4 rings (SSSR count). The minimum atomic E-state index is 0.771. The number of ether oxygens (including phenoxy) is 2. The predicted octanol–water partition coefficient (Wildman–Crippen LogP) is 9.06. The summed E-state index contributed by atoms with van der Waals surface area (Å²) in [7, 11) is 0. The van der Waals surface area contributed by atoms with Gasteiger partial charge < -0.3 is 9.47 Å². The van der Waals surface area contributed by atoms with Crippen LogP contribution in [0.5, 0.6) is 11.5 Å². The molecule has 4 aromatic carbocycles. The number of hydrogen-bond donors (Lipinski definition) is 0. The summed E-state index contributed by atoms with van der Waals surface area (Å²) in [6.45, 7) is 1.54. The molecule has 0 saturated carbocycles. The van der Waals surface area contributed by atoms with Crippen LogP contribution in [-0.2, 0) is 0 Å². The first kappa shape index (κ1) is 28.6. The third-order valence-electron chi connectivity index (χ3n) is 6.53. The number of rotatable bonds is 13. The van der Waals surface area contributed by atoms with Gasteiger partial charge in [-0.3, -0.25) is 0 Å². The SMILES string of the molecule is C(#Cc1ccc(OCCCCCCCCCCOc2ccc(C#Cc3ccccc3)cc2)cc1)c1ccccc1. The van der Waals surface area contributed by atoms with Gasteiger partial charge in [0.15, 0.2) is 0 Å². The number of hydrogen-bond acceptors (Lipinski definition) is 2. The van der Waals surface area contributed by atoms with Crippen LogP contribution < -0.4 is 9.47 Å². The number of unbranched alkanes of at least 4 members (excludes halogenated alkanes) is 7. The molecule has 0 atom stereocenters. The minimum absolute atomic E-state index is 0.771. The summed E-state index contributed by atoms with van der Waals surface area (Å²) in [6.07, 6.45) is 9.76. The summed E-state index contributed by atoms with van der Waals surface area (Å²) in [4.78, 5) is 0. The van der Waals surface area contributed by atoms with Crippen LogP contribution in [0.1, 0.15) is 73.6 Å². The first-order chi connectivity index (χ1) is 19.8. The standard InChI is InChI=1S/C38H38O2/c1(3-5-13-31-39-37-27-23-35(24-28-37)21-19-33-15-9-7-10-16-33)2-4-6-14-32-40-38-29-25-36(26-30-38)22-20-34-17-11-8-12-18-34/h7-12,15-18,23-30H,1-6,13-14,31-32H2. The first-order valence-corrected chi connectivity index (χ1v) is 14.4. The van der Waals surface area contributed by atoms with E-state index in [9.17, 15) is 0 Å². The molecule has 0 radical (unpaired) electrons. The molecule has 0 aliphatic carbocycles. The van der Waals surface area contributed by atoms with Crippen molar-refractivity contribution in [2.75, 3.05) is 13.2 Å². The summed E-state index contributed by atoms with van der Waals surface area (Å²) in [6, 6.07) is 36.2. The molecule has 2 heteroatoms. The van der Waals surface area contributed by atoms with Crippen molar-refractivity contribution in [2.24, 2.45) is 0 Å². The summed E-state index contributed by atoms with van der Waals surface area (Å²) in [5, 5.41) is 0. The molecule has 0 aliphatic heterocycles. The highest BCUT2D eigenvalue weighted by atomic mass is 16.5. The van der Waals surface area contributed by atoms with E-state index in [4.69, 9.17) is 9.47 Å². The second kappa shape index (κ2) is 17.2. The molecule has 4 aromatic rings. The molecular weight excluding hydrogens is 488 g/mol. The molecule has 0 unspecified atom stereocenters. The third-order valence-corrected chi connectivity index (χ3v) is 6.53. The largest absolute Gasteiger partial charge is 0.494 e. The second-order valence-corrected chi connectivity index (χ2v) is 9.81. The minimum Gasteiger partial charge on any atom is -0.494 e. The van der Waals surface area contributed by atoms with Crippen LogP contribution in [0, 0.1) is 23.7 Å². The summed E-state index contributed by atoms with van der Waals surface area (Å²) >= 11 is 0. The lowest BCUT2D eigenvalue weighted by Gasteiger charge is -2.07. The van der Waals surface area contributed by atoms with Crippen molar-refractivity contribution in [3.05, 3.63) is 131 Å². The summed E-state index contributed by atoms with van der Waals surface area (Å²) in [5.74, 6) is 14.6. The van der Waals surface area contributed by atoms with Gasteiger partial charge in [0.05, 0.1) is 13.2 Å². The fourth-order valence-corrected chi connectivity index (χ4v) is 4.25. The lowest BCUT2D eigenvalue weighted by atomic mass is 10.1. The Balaban J connectivity index is 0.971. The van der Waals surface area contributed by atoms with E-state index >= 15 is 0 Å². The monoisotopic (exact) mass is 526 g/mol. The van der Waals surface area contributed by atoms with Crippen molar-refractivity contribution < 1.29 is 9.47 Å². The van der Waals surface area contributed by atoms with E-state index in [0.717, 1.165) is 59.8 Å². The van der Waals surface area contributed by atoms with Crippen LogP contribution in [0.4, 0.5) is 0 Å². The lowest BCUT2D eigenvalue weighted by Crippen LogP contribution is -1.98. The maximum Gasteiger partial charge on any atom is 0.119 e. The fourth-order valence-electron chi connectivity index (χ4n) is 4.25. The zero-order valence-corrected chi connectivity index (χ0v) is 23.3. The molecule has 0 heterocycles. The molecule has 2 nitrogen and oxygen atoms in total. The lowest BCUT2D eigenvalue weighted by molar-refractivity contribution is 0.301. The molecule has 0 spiro atoms. The van der Waals surface area contributed by atoms with Crippen molar-refractivity contribution in [3.63, 3.8) is 0 Å². The van der Waals surface area contributed by atoms with E-state index in [0.29, 0.717) is 0 Å². The van der Waals surface area contributed by atoms with Crippen LogP contribution in [0.2, 0.25) is 0 Å². The molecule has 0 saturated heterocycles. The van der Waals surface area contributed by atoms with Gasteiger partial charge in [-0.1, -0.05) is 98.6 Å². The van der Waals surface area contributed by atoms with Crippen LogP contribution in [0.25, 0.3) is 0 Å². The van der Waals surface area contributed by atoms with Gasteiger partial charge in [-0.2, -0.15) is 0 Å². The molecule has 0 N–H and O–H groups in total. The van der Waals surface area contributed by atoms with Gasteiger partial charge in [-0.05, 0) is 85.6 Å². The van der Waals surface area contributed by atoms with Gasteiger partial charge in [0, 0.05) is 22.3 Å². The van der Waals surface area contributed by atoms with Crippen molar-refractivity contribution in [3.8, 4) is 35.2 Å². The smallest absolute Gasteiger partial charge is 0.119 e. The van der Waals surface area contributed by atoms with Crippen LogP contribution >= 0.6 is 0 Å². The van der Waals surface area contributed by atoms with E-state index in [2.05, 4.69) is 23.7 Å². The fraction of sp³-hybridized carbons (Fsp3) is 0.263. The van der Waals surface area contributed by atoms with Crippen LogP contribution in [0.3, 0.4) is 0 Å². The maximum absolute atomic E-state index is 5.90. The Hall–Kier alpha value is -4.40. The van der Waals surface area contributed by atoms with Gasteiger partial charge >= 0.3 is 0 Å². The van der Waals surface area contributed by atoms with Gasteiger partial charge in [-0.25, -0.2) is 0 Å². The van der Waals surface area contributed by atoms with Crippen molar-refractivity contribution in [2.45, 2.75) is 51.4 Å². The average Bonchev–Trinajstić information content (AvgIpc) is 3.02. The van der Waals surface area contributed by atoms with Gasteiger partial charge in [0.2, 0.25) is 0 Å². The first-order valence-electron chi connectivity index (χ1n) is 14.4. The molecule has 0 amide bonds. The van der Waals surface area contributed by atoms with Crippen molar-refractivity contribution in [1.82, 2.24) is 0 Å². The van der Waals surface area contributed by atoms with E-state index in [-0.39, 0.29) is 0 Å². The second-order valence-electron chi connectivity index (χ2n) is 9.81. The Kier molecular flexibility index (Phi) is 12.3. The molecule has 0 bridgehead atoms. The van der Waals surface area contributed by atoms with Gasteiger partial charge in [0.25, 0.3) is 0 Å². The quantitative estimate of drug-likeness (QED) is 0.128. The Bertz CT molecular complexity index is 1260. The zero-order valence-electron chi connectivity index (χ0n) is 23.3. The van der Waals surface area contributed by atoms with Crippen molar-refractivity contribution >= 4 is 0 Å². The average molecular weight is 527 g/mol. The molecule has 0 aliphatic rings. The topological polar surface area (TPSA) is 18.5 Å². The Labute approximate surface area is 240 Å². The predicted molar refractivity (Wildman–Crippen MR) is 166 cm³/mol. The van der Waals surface area contributed by atoms with Crippen molar-refractivity contribution in [1.29, 1.82) is 0 Å². The van der Waals surface area contributed by atoms with Gasteiger partial charge in [-0.15, -0.1) is 0 Å². The molecule has 0 fully saturated rings. The maximum atomic E-state index is 5.90. The molecule has 0 aromatic heterocycles. The van der Waals surface area contributed by atoms with E-state index in [1.54, 1.807) is 0 Å². The van der Waals surface area contributed by atoms with E-state index in [1.165, 1.54) is 38.5 Å². The molecular formula is C38H38O2. The van der Waals surface area contributed by atoms with Crippen LogP contribution in [-0.4, -0.2) is 13.2 Å². The highest BCUT2D eigenvalue weighted by molar-refractivity contribution is 5.45. The summed E-state index contributed by atoms with van der Waals surface area (Å²) < 4.78 is 11.8. The molecule has 40 heavy (non-hydrogen) atoms. The van der Waals surface area contributed by atoms with E-state index < -0.39 is 0 Å².